The van der Waals surface area contributed by atoms with Gasteiger partial charge in [0.2, 0.25) is 5.60 Å². The van der Waals surface area contributed by atoms with Crippen molar-refractivity contribution in [3.8, 4) is 0 Å². The lowest BCUT2D eigenvalue weighted by Gasteiger charge is -2.27. The van der Waals surface area contributed by atoms with Gasteiger partial charge in [-0.05, 0) is 24.2 Å². The van der Waals surface area contributed by atoms with Gasteiger partial charge in [-0.25, -0.2) is 4.79 Å². The van der Waals surface area contributed by atoms with Crippen LogP contribution in [0.5, 0.6) is 0 Å². The molecule has 0 saturated heterocycles. The van der Waals surface area contributed by atoms with Crippen molar-refractivity contribution < 1.29 is 14.6 Å². The van der Waals surface area contributed by atoms with Gasteiger partial charge in [-0.1, -0.05) is 74.5 Å². The molecule has 25 heavy (non-hydrogen) atoms. The maximum absolute atomic E-state index is 12.7. The topological polar surface area (TPSA) is 49.8 Å². The van der Waals surface area contributed by atoms with Crippen LogP contribution in [0.25, 0.3) is 0 Å². The number of ether oxygens (including phenoxy) is 1. The Morgan fingerprint density at radius 3 is 1.80 bits per heavy atom. The first-order valence-corrected chi connectivity index (χ1v) is 8.35. The second kappa shape index (κ2) is 10.2. The minimum absolute atomic E-state index is 0. The number of carbonyl (C=O) groups is 1. The molecule has 2 aromatic rings. The first-order valence-electron chi connectivity index (χ1n) is 8.35. The highest BCUT2D eigenvalue weighted by atomic mass is 35.5. The van der Waals surface area contributed by atoms with E-state index in [0.717, 1.165) is 13.1 Å². The summed E-state index contributed by atoms with van der Waals surface area (Å²) in [6.07, 6.45) is 0. The smallest absolute Gasteiger partial charge is 0.347 e. The molecule has 0 amide bonds. The molecular weight excluding hydrogens is 338 g/mol. The molecule has 2 rings (SSSR count). The van der Waals surface area contributed by atoms with Crippen molar-refractivity contribution in [2.75, 3.05) is 26.2 Å². The molecule has 0 spiro atoms. The standard InChI is InChI=1S/C20H25NO3.ClH/c1-3-21(4-2)15-16-24-19(22)20(23,17-11-7-5-8-12-17)18-13-9-6-10-14-18;/h5-14,23H,3-4,15-16H2,1-2H3;1H. The summed E-state index contributed by atoms with van der Waals surface area (Å²) in [5.74, 6) is -0.646. The third-order valence-electron chi connectivity index (χ3n) is 4.21. The molecule has 5 heteroatoms. The van der Waals surface area contributed by atoms with Crippen LogP contribution in [0.4, 0.5) is 0 Å². The van der Waals surface area contributed by atoms with Crippen molar-refractivity contribution in [3.63, 3.8) is 0 Å². The molecule has 136 valence electrons. The quantitative estimate of drug-likeness (QED) is 0.731. The minimum atomic E-state index is -1.80. The Kier molecular flexibility index (Phi) is 8.62. The molecule has 0 radical (unpaired) electrons. The van der Waals surface area contributed by atoms with E-state index in [1.165, 1.54) is 0 Å². The molecule has 0 atom stereocenters. The van der Waals surface area contributed by atoms with Crippen LogP contribution in [0.2, 0.25) is 0 Å². The normalized spacial score (nSPS) is 11.0. The van der Waals surface area contributed by atoms with Gasteiger partial charge in [-0.3, -0.25) is 0 Å². The van der Waals surface area contributed by atoms with Crippen LogP contribution in [-0.2, 0) is 15.1 Å². The van der Waals surface area contributed by atoms with Gasteiger partial charge in [0.1, 0.15) is 6.61 Å². The van der Waals surface area contributed by atoms with Crippen LogP contribution < -0.4 is 0 Å². The Hall–Kier alpha value is -1.88. The average molecular weight is 364 g/mol. The summed E-state index contributed by atoms with van der Waals surface area (Å²) in [4.78, 5) is 14.9. The Labute approximate surface area is 155 Å². The second-order valence-electron chi connectivity index (χ2n) is 5.61. The number of carbonyl (C=O) groups excluding carboxylic acids is 1. The fraction of sp³-hybridized carbons (Fsp3) is 0.350. The molecule has 0 aliphatic rings. The van der Waals surface area contributed by atoms with Crippen molar-refractivity contribution in [1.82, 2.24) is 4.90 Å². The maximum atomic E-state index is 12.7. The molecule has 0 bridgehead atoms. The SMILES string of the molecule is CCN(CC)CCOC(=O)C(O)(c1ccccc1)c1ccccc1.Cl. The third-order valence-corrected chi connectivity index (χ3v) is 4.21. The number of esters is 1. The molecular formula is C20H26ClNO3. The number of halogens is 1. The predicted molar refractivity (Wildman–Crippen MR) is 102 cm³/mol. The van der Waals surface area contributed by atoms with Gasteiger partial charge in [0.05, 0.1) is 0 Å². The molecule has 2 aromatic carbocycles. The van der Waals surface area contributed by atoms with Crippen molar-refractivity contribution in [3.05, 3.63) is 71.8 Å². The monoisotopic (exact) mass is 363 g/mol. The van der Waals surface area contributed by atoms with Crippen LogP contribution in [0.3, 0.4) is 0 Å². The largest absolute Gasteiger partial charge is 0.462 e. The average Bonchev–Trinajstić information content (AvgIpc) is 2.65. The van der Waals surface area contributed by atoms with Gasteiger partial charge in [0.15, 0.2) is 0 Å². The number of benzene rings is 2. The van der Waals surface area contributed by atoms with Crippen LogP contribution >= 0.6 is 12.4 Å². The van der Waals surface area contributed by atoms with Gasteiger partial charge < -0.3 is 14.7 Å². The zero-order valence-electron chi connectivity index (χ0n) is 14.7. The second-order valence-corrected chi connectivity index (χ2v) is 5.61. The lowest BCUT2D eigenvalue weighted by molar-refractivity contribution is -0.162. The van der Waals surface area contributed by atoms with Crippen molar-refractivity contribution >= 4 is 18.4 Å². The van der Waals surface area contributed by atoms with Gasteiger partial charge in [-0.15, -0.1) is 12.4 Å². The molecule has 1 N–H and O–H groups in total. The molecule has 0 aliphatic heterocycles. The Morgan fingerprint density at radius 2 is 1.40 bits per heavy atom. The van der Waals surface area contributed by atoms with E-state index in [-0.39, 0.29) is 19.0 Å². The summed E-state index contributed by atoms with van der Waals surface area (Å²) < 4.78 is 5.42. The van der Waals surface area contributed by atoms with Crippen LogP contribution in [0, 0.1) is 0 Å². The minimum Gasteiger partial charge on any atom is -0.462 e. The summed E-state index contributed by atoms with van der Waals surface area (Å²) in [7, 11) is 0. The van der Waals surface area contributed by atoms with E-state index >= 15 is 0 Å². The van der Waals surface area contributed by atoms with E-state index in [1.807, 2.05) is 12.1 Å². The van der Waals surface area contributed by atoms with Crippen molar-refractivity contribution in [2.45, 2.75) is 19.4 Å². The number of hydrogen-bond donors (Lipinski definition) is 1. The zero-order chi connectivity index (χ0) is 17.4. The highest BCUT2D eigenvalue weighted by molar-refractivity contribution is 5.85. The van der Waals surface area contributed by atoms with Crippen LogP contribution in [0.1, 0.15) is 25.0 Å². The maximum Gasteiger partial charge on any atom is 0.347 e. The molecule has 0 saturated carbocycles. The van der Waals surface area contributed by atoms with Crippen LogP contribution in [0.15, 0.2) is 60.7 Å². The van der Waals surface area contributed by atoms with Crippen molar-refractivity contribution in [2.24, 2.45) is 0 Å². The van der Waals surface area contributed by atoms with E-state index in [9.17, 15) is 9.90 Å². The first kappa shape index (κ1) is 21.2. The number of nitrogens with zero attached hydrogens (tertiary/aromatic N) is 1. The van der Waals surface area contributed by atoms with Crippen LogP contribution in [-0.4, -0.2) is 42.2 Å². The number of aliphatic hydroxyl groups is 1. The van der Waals surface area contributed by atoms with Gasteiger partial charge >= 0.3 is 5.97 Å². The third kappa shape index (κ3) is 5.05. The highest BCUT2D eigenvalue weighted by Crippen LogP contribution is 2.30. The Morgan fingerprint density at radius 1 is 0.960 bits per heavy atom. The lowest BCUT2D eigenvalue weighted by Crippen LogP contribution is -2.40. The fourth-order valence-corrected chi connectivity index (χ4v) is 2.67. The number of hydrogen-bond acceptors (Lipinski definition) is 4. The fourth-order valence-electron chi connectivity index (χ4n) is 2.67. The Bertz CT molecular complexity index is 590. The summed E-state index contributed by atoms with van der Waals surface area (Å²) in [5, 5.41) is 11.2. The summed E-state index contributed by atoms with van der Waals surface area (Å²) in [6, 6.07) is 17.8. The van der Waals surface area contributed by atoms with E-state index in [2.05, 4.69) is 18.7 Å². The molecule has 0 aliphatic carbocycles. The van der Waals surface area contributed by atoms with E-state index in [4.69, 9.17) is 4.74 Å². The predicted octanol–water partition coefficient (Wildman–Crippen LogP) is 3.23. The molecule has 0 aromatic heterocycles. The molecule has 4 nitrogen and oxygen atoms in total. The highest BCUT2D eigenvalue weighted by Gasteiger charge is 2.41. The summed E-state index contributed by atoms with van der Waals surface area (Å²) in [5.41, 5.74) is -0.792. The summed E-state index contributed by atoms with van der Waals surface area (Å²) >= 11 is 0. The van der Waals surface area contributed by atoms with Gasteiger partial charge in [0, 0.05) is 6.54 Å². The first-order chi connectivity index (χ1) is 11.6. The van der Waals surface area contributed by atoms with Gasteiger partial charge in [-0.2, -0.15) is 0 Å². The molecule has 0 unspecified atom stereocenters. The van der Waals surface area contributed by atoms with Gasteiger partial charge in [0.25, 0.3) is 0 Å². The van der Waals surface area contributed by atoms with E-state index in [0.29, 0.717) is 17.7 Å². The lowest BCUT2D eigenvalue weighted by atomic mass is 9.86. The number of likely N-dealkylation sites (N-methyl/N-ethyl adjacent to an activating group) is 1. The van der Waals surface area contributed by atoms with E-state index < -0.39 is 11.6 Å². The summed E-state index contributed by atoms with van der Waals surface area (Å²) in [6.45, 7) is 6.83. The number of rotatable bonds is 8. The van der Waals surface area contributed by atoms with E-state index in [1.54, 1.807) is 48.5 Å². The Balaban J connectivity index is 0.00000312. The zero-order valence-corrected chi connectivity index (χ0v) is 15.5. The van der Waals surface area contributed by atoms with Crippen molar-refractivity contribution in [1.29, 1.82) is 0 Å². The molecule has 0 fully saturated rings. The molecule has 0 heterocycles.